The average Bonchev–Trinajstić information content (AvgIpc) is 2.17. The van der Waals surface area contributed by atoms with Crippen molar-refractivity contribution < 1.29 is 4.42 Å². The molecule has 11 heavy (non-hydrogen) atoms. The second-order valence-electron chi connectivity index (χ2n) is 1.57. The summed E-state index contributed by atoms with van der Waals surface area (Å²) in [4.78, 5) is 0. The monoisotopic (exact) mass is 200 g/mol. The highest BCUT2D eigenvalue weighted by Crippen LogP contribution is 1.98. The van der Waals surface area contributed by atoms with Crippen molar-refractivity contribution >= 4 is 30.8 Å². The molecule has 0 amide bonds. The van der Waals surface area contributed by atoms with Crippen LogP contribution in [0, 0.1) is 0 Å². The van der Waals surface area contributed by atoms with Crippen LogP contribution in [0.3, 0.4) is 0 Å². The van der Waals surface area contributed by atoms with Crippen LogP contribution in [0.15, 0.2) is 4.42 Å². The predicted octanol–water partition coefficient (Wildman–Crippen LogP) is -0.00340. The molecule has 1 heterocycles. The van der Waals surface area contributed by atoms with E-state index in [2.05, 4.69) is 10.2 Å². The van der Waals surface area contributed by atoms with E-state index < -0.39 is 0 Å². The van der Waals surface area contributed by atoms with Gasteiger partial charge in [-0.25, -0.2) is 0 Å². The van der Waals surface area contributed by atoms with E-state index in [1.807, 2.05) is 0 Å². The molecule has 66 valence electrons. The molecule has 0 saturated carbocycles. The van der Waals surface area contributed by atoms with Crippen molar-refractivity contribution in [2.45, 2.75) is 6.42 Å². The number of nitrogens with two attached hydrogens (primary N) is 2. The molecule has 1 aromatic heterocycles. The van der Waals surface area contributed by atoms with E-state index in [1.54, 1.807) is 0 Å². The van der Waals surface area contributed by atoms with Gasteiger partial charge >= 0.3 is 6.01 Å². The highest BCUT2D eigenvalue weighted by atomic mass is 35.5. The number of hydrogen-bond acceptors (Lipinski definition) is 5. The Bertz CT molecular complexity index is 192. The van der Waals surface area contributed by atoms with E-state index >= 15 is 0 Å². The van der Waals surface area contributed by atoms with Gasteiger partial charge in [-0.3, -0.25) is 0 Å². The number of aromatic nitrogens is 2. The lowest BCUT2D eigenvalue weighted by Gasteiger charge is -1.83. The summed E-state index contributed by atoms with van der Waals surface area (Å²) < 4.78 is 4.80. The number of nitrogens with zero attached hydrogens (tertiary/aromatic N) is 2. The van der Waals surface area contributed by atoms with Crippen LogP contribution in [-0.2, 0) is 6.42 Å². The van der Waals surface area contributed by atoms with Crippen LogP contribution in [0.25, 0.3) is 0 Å². The molecule has 0 bridgehead atoms. The number of anilines is 1. The summed E-state index contributed by atoms with van der Waals surface area (Å²) in [6.45, 7) is 0.502. The third-order valence-electron chi connectivity index (χ3n) is 0.841. The van der Waals surface area contributed by atoms with Gasteiger partial charge in [0.15, 0.2) is 0 Å². The van der Waals surface area contributed by atoms with Crippen molar-refractivity contribution in [3.8, 4) is 0 Å². The Morgan fingerprint density at radius 3 is 2.27 bits per heavy atom. The Labute approximate surface area is 76.3 Å². The number of hydrogen-bond donors (Lipinski definition) is 2. The fraction of sp³-hybridized carbons (Fsp3) is 0.500. The van der Waals surface area contributed by atoms with Crippen LogP contribution in [0.4, 0.5) is 6.01 Å². The highest BCUT2D eigenvalue weighted by molar-refractivity contribution is 5.85. The minimum absolute atomic E-state index is 0. The molecule has 0 aliphatic carbocycles. The zero-order valence-electron chi connectivity index (χ0n) is 5.69. The third-order valence-corrected chi connectivity index (χ3v) is 0.841. The fourth-order valence-electron chi connectivity index (χ4n) is 0.491. The first-order chi connectivity index (χ1) is 4.33. The Hall–Kier alpha value is -0.520. The minimum Gasteiger partial charge on any atom is -0.408 e. The normalized spacial score (nSPS) is 8.09. The van der Waals surface area contributed by atoms with Gasteiger partial charge in [0.2, 0.25) is 5.89 Å². The molecule has 1 rings (SSSR count). The molecule has 0 aliphatic heterocycles. The topological polar surface area (TPSA) is 91.0 Å². The fourth-order valence-corrected chi connectivity index (χ4v) is 0.491. The second-order valence-corrected chi connectivity index (χ2v) is 1.57. The molecule has 0 saturated heterocycles. The van der Waals surface area contributed by atoms with Crippen molar-refractivity contribution in [1.29, 1.82) is 0 Å². The Kier molecular flexibility index (Phi) is 7.39. The summed E-state index contributed by atoms with van der Waals surface area (Å²) in [7, 11) is 0. The average molecular weight is 201 g/mol. The molecule has 0 radical (unpaired) electrons. The van der Waals surface area contributed by atoms with Gasteiger partial charge in [0.1, 0.15) is 0 Å². The van der Waals surface area contributed by atoms with E-state index in [-0.39, 0.29) is 30.8 Å². The van der Waals surface area contributed by atoms with E-state index in [9.17, 15) is 0 Å². The van der Waals surface area contributed by atoms with E-state index in [4.69, 9.17) is 15.9 Å². The van der Waals surface area contributed by atoms with Crippen LogP contribution < -0.4 is 11.5 Å². The van der Waals surface area contributed by atoms with Crippen molar-refractivity contribution in [3.63, 3.8) is 0 Å². The smallest absolute Gasteiger partial charge is 0.312 e. The molecule has 7 heteroatoms. The molecule has 0 spiro atoms. The van der Waals surface area contributed by atoms with Gasteiger partial charge < -0.3 is 15.9 Å². The van der Waals surface area contributed by atoms with E-state index in [0.29, 0.717) is 18.9 Å². The lowest BCUT2D eigenvalue weighted by Crippen LogP contribution is -2.02. The van der Waals surface area contributed by atoms with E-state index in [1.165, 1.54) is 0 Å². The van der Waals surface area contributed by atoms with Crippen LogP contribution in [-0.4, -0.2) is 16.7 Å². The maximum absolute atomic E-state index is 5.20. The molecule has 0 aromatic carbocycles. The molecule has 0 unspecified atom stereocenters. The summed E-state index contributed by atoms with van der Waals surface area (Å²) in [5, 5.41) is 7.02. The van der Waals surface area contributed by atoms with Gasteiger partial charge in [-0.15, -0.1) is 29.9 Å². The van der Waals surface area contributed by atoms with E-state index in [0.717, 1.165) is 0 Å². The SMILES string of the molecule is Cl.Cl.NCCc1nnc(N)o1. The largest absolute Gasteiger partial charge is 0.408 e. The molecule has 1 aromatic rings. The highest BCUT2D eigenvalue weighted by Gasteiger charge is 1.98. The summed E-state index contributed by atoms with van der Waals surface area (Å²) >= 11 is 0. The van der Waals surface area contributed by atoms with Crippen LogP contribution in [0.1, 0.15) is 5.89 Å². The van der Waals surface area contributed by atoms with Gasteiger partial charge in [0.05, 0.1) is 0 Å². The van der Waals surface area contributed by atoms with Crippen LogP contribution in [0.5, 0.6) is 0 Å². The second kappa shape index (κ2) is 6.21. The lowest BCUT2D eigenvalue weighted by atomic mass is 10.4. The van der Waals surface area contributed by atoms with Gasteiger partial charge in [-0.1, -0.05) is 5.10 Å². The summed E-state index contributed by atoms with van der Waals surface area (Å²) in [6, 6.07) is 0.0958. The van der Waals surface area contributed by atoms with Gasteiger partial charge in [-0.05, 0) is 0 Å². The van der Waals surface area contributed by atoms with Gasteiger partial charge in [0.25, 0.3) is 0 Å². The number of nitrogen functional groups attached to an aromatic ring is 1. The first kappa shape index (κ1) is 13.1. The third kappa shape index (κ3) is 4.02. The summed E-state index contributed by atoms with van der Waals surface area (Å²) in [6.07, 6.45) is 0.588. The molecule has 5 nitrogen and oxygen atoms in total. The first-order valence-electron chi connectivity index (χ1n) is 2.61. The Morgan fingerprint density at radius 1 is 1.27 bits per heavy atom. The molecular weight excluding hydrogens is 191 g/mol. The van der Waals surface area contributed by atoms with Gasteiger partial charge in [-0.2, -0.15) is 0 Å². The number of rotatable bonds is 2. The molecule has 0 fully saturated rings. The molecule has 4 N–H and O–H groups in total. The maximum atomic E-state index is 5.20. The summed E-state index contributed by atoms with van der Waals surface area (Å²) in [5.41, 5.74) is 10.3. The molecular formula is C4H10Cl2N4O. The van der Waals surface area contributed by atoms with Crippen molar-refractivity contribution in [3.05, 3.63) is 5.89 Å². The van der Waals surface area contributed by atoms with Gasteiger partial charge in [0, 0.05) is 13.0 Å². The lowest BCUT2D eigenvalue weighted by molar-refractivity contribution is 0.511. The zero-order chi connectivity index (χ0) is 6.69. The summed E-state index contributed by atoms with van der Waals surface area (Å²) in [5.74, 6) is 0.495. The molecule has 0 atom stereocenters. The predicted molar refractivity (Wildman–Crippen MR) is 46.0 cm³/mol. The zero-order valence-corrected chi connectivity index (χ0v) is 7.32. The minimum atomic E-state index is 0. The Balaban J connectivity index is 0. The quantitative estimate of drug-likeness (QED) is 0.702. The molecule has 0 aliphatic rings. The van der Waals surface area contributed by atoms with Crippen molar-refractivity contribution in [2.24, 2.45) is 5.73 Å². The maximum Gasteiger partial charge on any atom is 0.312 e. The standard InChI is InChI=1S/C4H8N4O.2ClH/c5-2-1-3-7-8-4(6)9-3;;/h1-2,5H2,(H2,6,8);2*1H. The number of halogens is 2. The van der Waals surface area contributed by atoms with Crippen LogP contribution >= 0.6 is 24.8 Å². The van der Waals surface area contributed by atoms with Crippen molar-refractivity contribution in [1.82, 2.24) is 10.2 Å². The van der Waals surface area contributed by atoms with Crippen LogP contribution in [0.2, 0.25) is 0 Å². The van der Waals surface area contributed by atoms with Crippen molar-refractivity contribution in [2.75, 3.05) is 12.3 Å². The Morgan fingerprint density at radius 2 is 1.91 bits per heavy atom. The first-order valence-corrected chi connectivity index (χ1v) is 2.61.